The monoisotopic (exact) mass is 364 g/mol. The molecule has 1 saturated heterocycles. The maximum Gasteiger partial charge on any atom is 0.162 e. The Morgan fingerprint density at radius 3 is 2.70 bits per heavy atom. The van der Waals surface area contributed by atoms with Crippen LogP contribution in [0.5, 0.6) is 0 Å². The summed E-state index contributed by atoms with van der Waals surface area (Å²) < 4.78 is 11.4. The number of rotatable bonds is 4. The van der Waals surface area contributed by atoms with Crippen molar-refractivity contribution in [1.82, 2.24) is 9.97 Å². The molecule has 1 aliphatic heterocycles. The molecule has 0 atom stereocenters. The summed E-state index contributed by atoms with van der Waals surface area (Å²) in [5.74, 6) is -0.520. The van der Waals surface area contributed by atoms with Gasteiger partial charge in [0.15, 0.2) is 5.79 Å². The Balaban J connectivity index is 1.57. The second kappa shape index (κ2) is 6.59. The van der Waals surface area contributed by atoms with E-state index in [0.717, 1.165) is 27.6 Å². The number of aromatic amines is 1. The number of Topliss-reactive ketones (excluding diaryl/α,β-unsaturated/α-hetero) is 1. The zero-order valence-corrected chi connectivity index (χ0v) is 15.9. The Kier molecular flexibility index (Phi) is 4.36. The Bertz CT molecular complexity index is 980. The van der Waals surface area contributed by atoms with E-state index in [1.54, 1.807) is 6.20 Å². The predicted molar refractivity (Wildman–Crippen MR) is 104 cm³/mol. The van der Waals surface area contributed by atoms with Crippen LogP contribution in [-0.2, 0) is 20.7 Å². The molecule has 2 aromatic heterocycles. The zero-order valence-electron chi connectivity index (χ0n) is 15.9. The Hall–Kier alpha value is -2.50. The molecule has 1 aromatic carbocycles. The van der Waals surface area contributed by atoms with Gasteiger partial charge in [0.2, 0.25) is 0 Å². The van der Waals surface area contributed by atoms with Gasteiger partial charge in [0, 0.05) is 41.5 Å². The molecule has 0 radical (unpaired) electrons. The molecule has 1 N–H and O–H groups in total. The summed E-state index contributed by atoms with van der Waals surface area (Å²) in [7, 11) is 0. The summed E-state index contributed by atoms with van der Waals surface area (Å²) in [6, 6.07) is 10.2. The predicted octanol–water partition coefficient (Wildman–Crippen LogP) is 4.13. The van der Waals surface area contributed by atoms with Crippen LogP contribution in [0.1, 0.15) is 26.3 Å². The fourth-order valence-corrected chi connectivity index (χ4v) is 3.38. The SMILES string of the molecule is CC1(C)OCC(C)(C(=O)Cc2cncc(-c3cccc4[nH]ccc34)c2)CO1. The van der Waals surface area contributed by atoms with Crippen molar-refractivity contribution in [3.8, 4) is 11.1 Å². The van der Waals surface area contributed by atoms with Gasteiger partial charge in [-0.15, -0.1) is 0 Å². The Labute approximate surface area is 158 Å². The minimum absolute atomic E-state index is 0.108. The number of ether oxygens (including phenoxy) is 2. The number of nitrogens with one attached hydrogen (secondary N) is 1. The molecule has 0 spiro atoms. The maximum absolute atomic E-state index is 12.9. The van der Waals surface area contributed by atoms with E-state index in [-0.39, 0.29) is 5.78 Å². The highest BCUT2D eigenvalue weighted by atomic mass is 16.7. The van der Waals surface area contributed by atoms with Gasteiger partial charge >= 0.3 is 0 Å². The lowest BCUT2D eigenvalue weighted by molar-refractivity contribution is -0.276. The highest BCUT2D eigenvalue weighted by molar-refractivity contribution is 5.95. The Morgan fingerprint density at radius 2 is 1.93 bits per heavy atom. The summed E-state index contributed by atoms with van der Waals surface area (Å²) in [5, 5.41) is 1.14. The van der Waals surface area contributed by atoms with Crippen LogP contribution in [0.4, 0.5) is 0 Å². The molecule has 0 saturated carbocycles. The second-order valence-corrected chi connectivity index (χ2v) is 7.96. The smallest absolute Gasteiger partial charge is 0.162 e. The van der Waals surface area contributed by atoms with Gasteiger partial charge in [-0.25, -0.2) is 0 Å². The van der Waals surface area contributed by atoms with Gasteiger partial charge in [0.25, 0.3) is 0 Å². The van der Waals surface area contributed by atoms with Gasteiger partial charge in [-0.05, 0) is 50.1 Å². The molecule has 4 rings (SSSR count). The summed E-state index contributed by atoms with van der Waals surface area (Å²) >= 11 is 0. The largest absolute Gasteiger partial charge is 0.361 e. The molecule has 0 bridgehead atoms. The first-order chi connectivity index (χ1) is 12.9. The van der Waals surface area contributed by atoms with Crippen molar-refractivity contribution < 1.29 is 14.3 Å². The molecule has 3 aromatic rings. The lowest BCUT2D eigenvalue weighted by atomic mass is 9.83. The maximum atomic E-state index is 12.9. The van der Waals surface area contributed by atoms with Crippen molar-refractivity contribution in [1.29, 1.82) is 0 Å². The molecule has 1 aliphatic rings. The zero-order chi connectivity index (χ0) is 19.1. The number of hydrogen-bond donors (Lipinski definition) is 1. The first-order valence-electron chi connectivity index (χ1n) is 9.18. The fraction of sp³-hybridized carbons (Fsp3) is 0.364. The number of carbonyl (C=O) groups excluding carboxylic acids is 1. The molecular formula is C22H24N2O3. The van der Waals surface area contributed by atoms with Crippen molar-refractivity contribution in [3.05, 3.63) is 54.5 Å². The van der Waals surface area contributed by atoms with E-state index < -0.39 is 11.2 Å². The third-order valence-electron chi connectivity index (χ3n) is 5.22. The number of hydrogen-bond acceptors (Lipinski definition) is 4. The molecule has 27 heavy (non-hydrogen) atoms. The van der Waals surface area contributed by atoms with Crippen LogP contribution in [0.3, 0.4) is 0 Å². The first kappa shape index (κ1) is 17.9. The van der Waals surface area contributed by atoms with Crippen LogP contribution >= 0.6 is 0 Å². The number of benzene rings is 1. The van der Waals surface area contributed by atoms with Crippen molar-refractivity contribution >= 4 is 16.7 Å². The van der Waals surface area contributed by atoms with Crippen LogP contribution in [0.15, 0.2) is 48.9 Å². The molecule has 3 heterocycles. The summed E-state index contributed by atoms with van der Waals surface area (Å²) in [6.07, 6.45) is 5.84. The normalized spacial score (nSPS) is 18.5. The van der Waals surface area contributed by atoms with Gasteiger partial charge in [0.1, 0.15) is 5.78 Å². The fourth-order valence-electron chi connectivity index (χ4n) is 3.38. The van der Waals surface area contributed by atoms with Crippen LogP contribution in [-0.4, -0.2) is 34.8 Å². The molecule has 5 nitrogen and oxygen atoms in total. The summed E-state index contributed by atoms with van der Waals surface area (Å²) in [5.41, 5.74) is 3.46. The number of nitrogens with zero attached hydrogens (tertiary/aromatic N) is 1. The average Bonchev–Trinajstić information content (AvgIpc) is 3.13. The van der Waals surface area contributed by atoms with E-state index in [1.807, 2.05) is 51.4 Å². The molecule has 1 fully saturated rings. The molecule has 5 heteroatoms. The number of pyridine rings is 1. The van der Waals surface area contributed by atoms with Crippen LogP contribution in [0, 0.1) is 5.41 Å². The van der Waals surface area contributed by atoms with Gasteiger partial charge in [-0.1, -0.05) is 12.1 Å². The van der Waals surface area contributed by atoms with E-state index >= 15 is 0 Å². The number of H-pyrrole nitrogens is 1. The van der Waals surface area contributed by atoms with Crippen molar-refractivity contribution in [2.75, 3.05) is 13.2 Å². The topological polar surface area (TPSA) is 64.2 Å². The van der Waals surface area contributed by atoms with E-state index in [0.29, 0.717) is 19.6 Å². The third kappa shape index (κ3) is 3.53. The van der Waals surface area contributed by atoms with Crippen LogP contribution in [0.2, 0.25) is 0 Å². The van der Waals surface area contributed by atoms with Gasteiger partial charge < -0.3 is 14.5 Å². The number of carbonyl (C=O) groups is 1. The lowest BCUT2D eigenvalue weighted by Gasteiger charge is -2.40. The standard InChI is InChI=1S/C22H24N2O3/c1-21(2)26-13-22(3,14-27-21)20(25)10-15-9-16(12-23-11-15)17-5-4-6-19-18(17)7-8-24-19/h4-9,11-12,24H,10,13-14H2,1-3H3. The molecule has 0 unspecified atom stereocenters. The number of aromatic nitrogens is 2. The highest BCUT2D eigenvalue weighted by Gasteiger charge is 2.41. The Morgan fingerprint density at radius 1 is 1.15 bits per heavy atom. The minimum atomic E-state index is -0.633. The molecule has 0 amide bonds. The molecule has 0 aliphatic carbocycles. The summed E-state index contributed by atoms with van der Waals surface area (Å²) in [6.45, 7) is 6.38. The van der Waals surface area contributed by atoms with Gasteiger partial charge in [-0.2, -0.15) is 0 Å². The molecule has 140 valence electrons. The average molecular weight is 364 g/mol. The molecular weight excluding hydrogens is 340 g/mol. The van der Waals surface area contributed by atoms with Crippen molar-refractivity contribution in [2.24, 2.45) is 5.41 Å². The van der Waals surface area contributed by atoms with Crippen molar-refractivity contribution in [2.45, 2.75) is 33.0 Å². The van der Waals surface area contributed by atoms with E-state index in [4.69, 9.17) is 9.47 Å². The van der Waals surface area contributed by atoms with Crippen LogP contribution in [0.25, 0.3) is 22.0 Å². The first-order valence-corrected chi connectivity index (χ1v) is 9.18. The van der Waals surface area contributed by atoms with Gasteiger partial charge in [0.05, 0.1) is 18.6 Å². The number of ketones is 1. The quantitative estimate of drug-likeness (QED) is 0.756. The van der Waals surface area contributed by atoms with Gasteiger partial charge in [-0.3, -0.25) is 9.78 Å². The third-order valence-corrected chi connectivity index (χ3v) is 5.22. The van der Waals surface area contributed by atoms with Crippen molar-refractivity contribution in [3.63, 3.8) is 0 Å². The van der Waals surface area contributed by atoms with E-state index in [1.165, 1.54) is 0 Å². The highest BCUT2D eigenvalue weighted by Crippen LogP contribution is 2.32. The summed E-state index contributed by atoms with van der Waals surface area (Å²) in [4.78, 5) is 20.5. The number of fused-ring (bicyclic) bond motifs is 1. The minimum Gasteiger partial charge on any atom is -0.361 e. The van der Waals surface area contributed by atoms with E-state index in [9.17, 15) is 4.79 Å². The van der Waals surface area contributed by atoms with E-state index in [2.05, 4.69) is 22.1 Å². The van der Waals surface area contributed by atoms with Crippen LogP contribution < -0.4 is 0 Å². The lowest BCUT2D eigenvalue weighted by Crippen LogP contribution is -2.49. The second-order valence-electron chi connectivity index (χ2n) is 7.96.